The molecule has 4 atom stereocenters. The van der Waals surface area contributed by atoms with Gasteiger partial charge >= 0.3 is 0 Å². The number of carbonyl (C=O) groups is 1. The van der Waals surface area contributed by atoms with E-state index in [2.05, 4.69) is 11.4 Å². The zero-order valence-corrected chi connectivity index (χ0v) is 7.36. The third-order valence-corrected chi connectivity index (χ3v) is 3.77. The van der Waals surface area contributed by atoms with E-state index in [0.717, 1.165) is 12.8 Å². The second-order valence-corrected chi connectivity index (χ2v) is 4.44. The van der Waals surface area contributed by atoms with Crippen molar-refractivity contribution >= 4 is 5.91 Å². The van der Waals surface area contributed by atoms with E-state index < -0.39 is 5.60 Å². The molecule has 70 valence electrons. The van der Waals surface area contributed by atoms with E-state index in [1.165, 1.54) is 0 Å². The number of amides is 1. The van der Waals surface area contributed by atoms with Gasteiger partial charge in [0.25, 0.3) is 5.91 Å². The SMILES string of the molecule is O=C1NC2CC1(O)C1C=CC2CC1. The molecule has 1 aliphatic heterocycles. The molecule has 0 aromatic carbocycles. The van der Waals surface area contributed by atoms with Gasteiger partial charge in [-0.25, -0.2) is 0 Å². The first-order chi connectivity index (χ1) is 6.20. The first-order valence-electron chi connectivity index (χ1n) is 4.92. The van der Waals surface area contributed by atoms with Gasteiger partial charge in [-0.15, -0.1) is 0 Å². The van der Waals surface area contributed by atoms with Gasteiger partial charge in [0, 0.05) is 18.4 Å². The third-order valence-electron chi connectivity index (χ3n) is 3.77. The van der Waals surface area contributed by atoms with Crippen LogP contribution in [0.15, 0.2) is 12.2 Å². The van der Waals surface area contributed by atoms with Crippen molar-refractivity contribution in [3.05, 3.63) is 12.2 Å². The molecule has 0 spiro atoms. The summed E-state index contributed by atoms with van der Waals surface area (Å²) in [5.74, 6) is 0.351. The van der Waals surface area contributed by atoms with Crippen molar-refractivity contribution in [1.29, 1.82) is 0 Å². The Labute approximate surface area is 76.8 Å². The number of aliphatic hydroxyl groups is 1. The number of rotatable bonds is 0. The van der Waals surface area contributed by atoms with Crippen LogP contribution in [0.1, 0.15) is 19.3 Å². The lowest BCUT2D eigenvalue weighted by atomic mass is 9.81. The summed E-state index contributed by atoms with van der Waals surface area (Å²) in [6, 6.07) is 0.182. The van der Waals surface area contributed by atoms with Gasteiger partial charge in [-0.2, -0.15) is 0 Å². The largest absolute Gasteiger partial charge is 0.379 e. The summed E-state index contributed by atoms with van der Waals surface area (Å²) in [4.78, 5) is 11.5. The minimum absolute atomic E-state index is 0.0521. The van der Waals surface area contributed by atoms with Crippen LogP contribution in [0.3, 0.4) is 0 Å². The molecule has 4 aliphatic rings. The molecule has 1 heterocycles. The fraction of sp³-hybridized carbons (Fsp3) is 0.700. The van der Waals surface area contributed by atoms with Gasteiger partial charge in [0.1, 0.15) is 0 Å². The van der Waals surface area contributed by atoms with Crippen LogP contribution >= 0.6 is 0 Å². The smallest absolute Gasteiger partial charge is 0.252 e. The molecule has 3 heteroatoms. The summed E-state index contributed by atoms with van der Waals surface area (Å²) in [5.41, 5.74) is -1.09. The molecule has 0 aromatic rings. The molecule has 0 aromatic heterocycles. The third kappa shape index (κ3) is 0.804. The van der Waals surface area contributed by atoms with Gasteiger partial charge in [-0.05, 0) is 18.8 Å². The Morgan fingerprint density at radius 3 is 3.00 bits per heavy atom. The maximum absolute atomic E-state index is 11.5. The summed E-state index contributed by atoms with van der Waals surface area (Å²) in [7, 11) is 0. The fourth-order valence-corrected chi connectivity index (χ4v) is 2.93. The van der Waals surface area contributed by atoms with Gasteiger partial charge in [0.15, 0.2) is 5.60 Å². The number of hydrogen-bond donors (Lipinski definition) is 2. The minimum Gasteiger partial charge on any atom is -0.379 e. The lowest BCUT2D eigenvalue weighted by molar-refractivity contribution is -0.139. The van der Waals surface area contributed by atoms with Gasteiger partial charge in [0.05, 0.1) is 0 Å². The van der Waals surface area contributed by atoms with E-state index in [4.69, 9.17) is 0 Å². The fourth-order valence-electron chi connectivity index (χ4n) is 2.93. The summed E-state index contributed by atoms with van der Waals surface area (Å²) in [5, 5.41) is 13.1. The summed E-state index contributed by atoms with van der Waals surface area (Å²) < 4.78 is 0. The summed E-state index contributed by atoms with van der Waals surface area (Å²) in [6.45, 7) is 0. The molecule has 1 amide bonds. The summed E-state index contributed by atoms with van der Waals surface area (Å²) in [6.07, 6.45) is 6.87. The summed E-state index contributed by atoms with van der Waals surface area (Å²) >= 11 is 0. The maximum atomic E-state index is 11.5. The second-order valence-electron chi connectivity index (χ2n) is 4.44. The van der Waals surface area contributed by atoms with Crippen LogP contribution in [-0.2, 0) is 4.79 Å². The molecule has 13 heavy (non-hydrogen) atoms. The zero-order valence-electron chi connectivity index (χ0n) is 7.36. The van der Waals surface area contributed by atoms with Gasteiger partial charge in [0.2, 0.25) is 0 Å². The number of fused-ring (bicyclic) bond motifs is 1. The monoisotopic (exact) mass is 179 g/mol. The standard InChI is InChI=1S/C10H13NO2/c12-9-10(13)5-8(11-9)6-1-3-7(10)4-2-6/h1,3,6-8,13H,2,4-5H2,(H,11,12). The quantitative estimate of drug-likeness (QED) is 0.522. The van der Waals surface area contributed by atoms with E-state index >= 15 is 0 Å². The average molecular weight is 179 g/mol. The van der Waals surface area contributed by atoms with Crippen LogP contribution in [0.5, 0.6) is 0 Å². The zero-order chi connectivity index (χ0) is 9.05. The molecule has 2 N–H and O–H groups in total. The number of hydrogen-bond acceptors (Lipinski definition) is 2. The van der Waals surface area contributed by atoms with Crippen LogP contribution in [0.2, 0.25) is 0 Å². The molecule has 4 bridgehead atoms. The Hall–Kier alpha value is -0.830. The predicted molar refractivity (Wildman–Crippen MR) is 46.9 cm³/mol. The van der Waals surface area contributed by atoms with E-state index in [1.54, 1.807) is 0 Å². The molecule has 2 fully saturated rings. The molecule has 4 rings (SSSR count). The maximum Gasteiger partial charge on any atom is 0.252 e. The normalized spacial score (nSPS) is 52.1. The van der Waals surface area contributed by atoms with Crippen molar-refractivity contribution in [2.75, 3.05) is 0 Å². The molecule has 0 radical (unpaired) electrons. The molecular formula is C10H13NO2. The van der Waals surface area contributed by atoms with Crippen molar-refractivity contribution < 1.29 is 9.90 Å². The number of nitrogens with one attached hydrogen (secondary N) is 1. The Balaban J connectivity index is 2.11. The van der Waals surface area contributed by atoms with Crippen molar-refractivity contribution in [2.24, 2.45) is 11.8 Å². The van der Waals surface area contributed by atoms with Gasteiger partial charge < -0.3 is 10.4 Å². The van der Waals surface area contributed by atoms with Crippen LogP contribution in [-0.4, -0.2) is 22.7 Å². The predicted octanol–water partition coefficient (Wildman–Crippen LogP) is 0.202. The highest BCUT2D eigenvalue weighted by Gasteiger charge is 2.54. The van der Waals surface area contributed by atoms with Crippen molar-refractivity contribution in [3.63, 3.8) is 0 Å². The lowest BCUT2D eigenvalue weighted by Crippen LogP contribution is -2.46. The van der Waals surface area contributed by atoms with Crippen LogP contribution in [0.4, 0.5) is 0 Å². The van der Waals surface area contributed by atoms with Gasteiger partial charge in [-0.1, -0.05) is 12.2 Å². The van der Waals surface area contributed by atoms with Crippen molar-refractivity contribution in [2.45, 2.75) is 30.9 Å². The molecule has 4 unspecified atom stereocenters. The number of carbonyl (C=O) groups excluding carboxylic acids is 1. The first kappa shape index (κ1) is 7.56. The van der Waals surface area contributed by atoms with E-state index in [9.17, 15) is 9.90 Å². The highest BCUT2D eigenvalue weighted by atomic mass is 16.3. The lowest BCUT2D eigenvalue weighted by Gasteiger charge is -2.30. The Morgan fingerprint density at radius 2 is 2.31 bits per heavy atom. The Bertz CT molecular complexity index is 299. The Morgan fingerprint density at radius 1 is 1.46 bits per heavy atom. The topological polar surface area (TPSA) is 49.3 Å². The first-order valence-corrected chi connectivity index (χ1v) is 4.92. The van der Waals surface area contributed by atoms with E-state index in [1.807, 2.05) is 6.08 Å². The van der Waals surface area contributed by atoms with E-state index in [-0.39, 0.29) is 17.9 Å². The Kier molecular flexibility index (Phi) is 1.25. The van der Waals surface area contributed by atoms with Crippen LogP contribution < -0.4 is 5.32 Å². The molecule has 1 saturated heterocycles. The average Bonchev–Trinajstić information content (AvgIpc) is 2.29. The van der Waals surface area contributed by atoms with Crippen molar-refractivity contribution in [3.8, 4) is 0 Å². The van der Waals surface area contributed by atoms with E-state index in [0.29, 0.717) is 12.3 Å². The van der Waals surface area contributed by atoms with Crippen molar-refractivity contribution in [1.82, 2.24) is 5.32 Å². The van der Waals surface area contributed by atoms with Crippen LogP contribution in [0.25, 0.3) is 0 Å². The molecular weight excluding hydrogens is 166 g/mol. The van der Waals surface area contributed by atoms with Crippen LogP contribution in [0, 0.1) is 11.8 Å². The molecule has 3 aliphatic carbocycles. The second kappa shape index (κ2) is 2.15. The highest BCUT2D eigenvalue weighted by Crippen LogP contribution is 2.44. The minimum atomic E-state index is -1.09. The van der Waals surface area contributed by atoms with Gasteiger partial charge in [-0.3, -0.25) is 4.79 Å². The molecule has 3 nitrogen and oxygen atoms in total. The molecule has 1 saturated carbocycles. The highest BCUT2D eigenvalue weighted by molar-refractivity contribution is 5.88.